The Bertz CT molecular complexity index is 976. The van der Waals surface area contributed by atoms with Gasteiger partial charge in [0.1, 0.15) is 12.4 Å². The number of hydrogen-bond donors (Lipinski definition) is 1. The average molecular weight is 426 g/mol. The van der Waals surface area contributed by atoms with E-state index in [9.17, 15) is 4.39 Å². The highest BCUT2D eigenvalue weighted by Crippen LogP contribution is 2.29. The Labute approximate surface area is 182 Å². The molecule has 0 amide bonds. The maximum atomic E-state index is 13.0. The van der Waals surface area contributed by atoms with E-state index in [0.717, 1.165) is 35.6 Å². The summed E-state index contributed by atoms with van der Waals surface area (Å²) in [5.74, 6) is 2.53. The van der Waals surface area contributed by atoms with E-state index < -0.39 is 0 Å². The molecule has 0 saturated heterocycles. The van der Waals surface area contributed by atoms with E-state index in [4.69, 9.17) is 18.9 Å². The highest BCUT2D eigenvalue weighted by Gasteiger charge is 2.07. The molecule has 6 heteroatoms. The number of benzene rings is 3. The molecular formula is C25H28FNO4. The zero-order valence-corrected chi connectivity index (χ0v) is 18.1. The molecule has 0 spiro atoms. The van der Waals surface area contributed by atoms with Crippen molar-refractivity contribution in [1.82, 2.24) is 5.32 Å². The molecule has 5 nitrogen and oxygen atoms in total. The standard InChI is InChI=1S/C25H28FNO4/c1-28-22-10-6-18(14-24(22)29-2)12-13-27-16-20-7-11-23(25(15-20)30-3)31-17-19-4-8-21(26)9-5-19/h4-11,14-15,27H,12-13,16-17H2,1-3H3. The smallest absolute Gasteiger partial charge is 0.161 e. The first-order valence-electron chi connectivity index (χ1n) is 10.1. The zero-order valence-electron chi connectivity index (χ0n) is 18.1. The van der Waals surface area contributed by atoms with Crippen molar-refractivity contribution in [1.29, 1.82) is 0 Å². The molecule has 3 aromatic rings. The second-order valence-electron chi connectivity index (χ2n) is 7.02. The lowest BCUT2D eigenvalue weighted by atomic mass is 10.1. The van der Waals surface area contributed by atoms with Gasteiger partial charge < -0.3 is 24.3 Å². The normalized spacial score (nSPS) is 10.6. The van der Waals surface area contributed by atoms with Crippen LogP contribution in [0, 0.1) is 5.82 Å². The van der Waals surface area contributed by atoms with Crippen LogP contribution < -0.4 is 24.3 Å². The van der Waals surface area contributed by atoms with Gasteiger partial charge in [0.2, 0.25) is 0 Å². The molecule has 3 aromatic carbocycles. The van der Waals surface area contributed by atoms with Crippen LogP contribution in [0.25, 0.3) is 0 Å². The molecule has 0 aliphatic heterocycles. The summed E-state index contributed by atoms with van der Waals surface area (Å²) in [5.41, 5.74) is 3.16. The summed E-state index contributed by atoms with van der Waals surface area (Å²) in [6.07, 6.45) is 0.871. The van der Waals surface area contributed by atoms with Crippen molar-refractivity contribution in [2.24, 2.45) is 0 Å². The summed E-state index contributed by atoms with van der Waals surface area (Å²) in [5, 5.41) is 3.45. The predicted molar refractivity (Wildman–Crippen MR) is 119 cm³/mol. The van der Waals surface area contributed by atoms with Crippen LogP contribution in [0.5, 0.6) is 23.0 Å². The quantitative estimate of drug-likeness (QED) is 0.449. The lowest BCUT2D eigenvalue weighted by molar-refractivity contribution is 0.284. The van der Waals surface area contributed by atoms with E-state index in [0.29, 0.717) is 24.7 Å². The van der Waals surface area contributed by atoms with Crippen molar-refractivity contribution in [3.8, 4) is 23.0 Å². The van der Waals surface area contributed by atoms with Gasteiger partial charge >= 0.3 is 0 Å². The van der Waals surface area contributed by atoms with Crippen LogP contribution >= 0.6 is 0 Å². The molecule has 0 unspecified atom stereocenters. The van der Waals surface area contributed by atoms with E-state index >= 15 is 0 Å². The number of rotatable bonds is 11. The molecule has 0 heterocycles. The van der Waals surface area contributed by atoms with Gasteiger partial charge in [-0.05, 0) is 66.1 Å². The minimum Gasteiger partial charge on any atom is -0.493 e. The van der Waals surface area contributed by atoms with Crippen LogP contribution in [0.4, 0.5) is 4.39 Å². The van der Waals surface area contributed by atoms with Gasteiger partial charge in [-0.3, -0.25) is 0 Å². The van der Waals surface area contributed by atoms with Crippen molar-refractivity contribution in [2.75, 3.05) is 27.9 Å². The summed E-state index contributed by atoms with van der Waals surface area (Å²) >= 11 is 0. The monoisotopic (exact) mass is 425 g/mol. The molecule has 3 rings (SSSR count). The van der Waals surface area contributed by atoms with E-state index in [1.165, 1.54) is 17.7 Å². The zero-order chi connectivity index (χ0) is 22.1. The van der Waals surface area contributed by atoms with Crippen LogP contribution in [0.2, 0.25) is 0 Å². The van der Waals surface area contributed by atoms with Gasteiger partial charge in [-0.2, -0.15) is 0 Å². The summed E-state index contributed by atoms with van der Waals surface area (Å²) in [6, 6.07) is 18.1. The molecular weight excluding hydrogens is 397 g/mol. The first-order chi connectivity index (χ1) is 15.1. The summed E-state index contributed by atoms with van der Waals surface area (Å²) < 4.78 is 35.0. The van der Waals surface area contributed by atoms with Gasteiger partial charge in [-0.15, -0.1) is 0 Å². The van der Waals surface area contributed by atoms with Crippen molar-refractivity contribution in [2.45, 2.75) is 19.6 Å². The van der Waals surface area contributed by atoms with E-state index in [-0.39, 0.29) is 5.82 Å². The maximum Gasteiger partial charge on any atom is 0.161 e. The SMILES string of the molecule is COc1ccc(CCNCc2ccc(OCc3ccc(F)cc3)c(OC)c2)cc1OC. The third-order valence-electron chi connectivity index (χ3n) is 4.90. The predicted octanol–water partition coefficient (Wildman–Crippen LogP) is 4.76. The van der Waals surface area contributed by atoms with Crippen molar-refractivity contribution < 1.29 is 23.3 Å². The Hall–Kier alpha value is -3.25. The molecule has 0 fully saturated rings. The Morgan fingerprint density at radius 2 is 1.26 bits per heavy atom. The largest absolute Gasteiger partial charge is 0.493 e. The fourth-order valence-corrected chi connectivity index (χ4v) is 3.18. The molecule has 0 radical (unpaired) electrons. The molecule has 31 heavy (non-hydrogen) atoms. The maximum absolute atomic E-state index is 13.0. The Kier molecular flexibility index (Phi) is 8.12. The molecule has 0 bridgehead atoms. The van der Waals surface area contributed by atoms with Crippen LogP contribution in [0.3, 0.4) is 0 Å². The lowest BCUT2D eigenvalue weighted by Crippen LogP contribution is -2.16. The molecule has 0 atom stereocenters. The number of methoxy groups -OCH3 is 3. The molecule has 1 N–H and O–H groups in total. The van der Waals surface area contributed by atoms with E-state index in [1.54, 1.807) is 33.5 Å². The first kappa shape index (κ1) is 22.4. The van der Waals surface area contributed by atoms with Crippen molar-refractivity contribution in [3.63, 3.8) is 0 Å². The van der Waals surface area contributed by atoms with E-state index in [2.05, 4.69) is 5.32 Å². The van der Waals surface area contributed by atoms with Crippen LogP contribution in [0.1, 0.15) is 16.7 Å². The highest BCUT2D eigenvalue weighted by molar-refractivity contribution is 5.44. The van der Waals surface area contributed by atoms with Gasteiger partial charge in [-0.1, -0.05) is 24.3 Å². The van der Waals surface area contributed by atoms with Crippen molar-refractivity contribution >= 4 is 0 Å². The first-order valence-corrected chi connectivity index (χ1v) is 10.1. The minimum absolute atomic E-state index is 0.260. The molecule has 164 valence electrons. The second-order valence-corrected chi connectivity index (χ2v) is 7.02. The van der Waals surface area contributed by atoms with Gasteiger partial charge in [-0.25, -0.2) is 4.39 Å². The molecule has 0 aliphatic rings. The topological polar surface area (TPSA) is 49.0 Å². The summed E-state index contributed by atoms with van der Waals surface area (Å²) in [6.45, 7) is 1.88. The fraction of sp³-hybridized carbons (Fsp3) is 0.280. The highest BCUT2D eigenvalue weighted by atomic mass is 19.1. The van der Waals surface area contributed by atoms with Gasteiger partial charge in [0.25, 0.3) is 0 Å². The van der Waals surface area contributed by atoms with Gasteiger partial charge in [0, 0.05) is 6.54 Å². The van der Waals surface area contributed by atoms with Gasteiger partial charge in [0.15, 0.2) is 23.0 Å². The average Bonchev–Trinajstić information content (AvgIpc) is 2.81. The van der Waals surface area contributed by atoms with Crippen LogP contribution in [-0.4, -0.2) is 27.9 Å². The summed E-state index contributed by atoms with van der Waals surface area (Å²) in [7, 11) is 4.89. The Morgan fingerprint density at radius 1 is 0.677 bits per heavy atom. The number of ether oxygens (including phenoxy) is 4. The molecule has 0 aromatic heterocycles. The number of halogens is 1. The Morgan fingerprint density at radius 3 is 1.97 bits per heavy atom. The lowest BCUT2D eigenvalue weighted by Gasteiger charge is -2.13. The third-order valence-corrected chi connectivity index (χ3v) is 4.90. The number of nitrogens with one attached hydrogen (secondary N) is 1. The van der Waals surface area contributed by atoms with Crippen LogP contribution in [-0.2, 0) is 19.6 Å². The molecule has 0 aliphatic carbocycles. The summed E-state index contributed by atoms with van der Waals surface area (Å²) in [4.78, 5) is 0. The fourth-order valence-electron chi connectivity index (χ4n) is 3.18. The Balaban J connectivity index is 1.51. The second kappa shape index (κ2) is 11.2. The van der Waals surface area contributed by atoms with Crippen molar-refractivity contribution in [3.05, 3.63) is 83.2 Å². The van der Waals surface area contributed by atoms with Crippen LogP contribution in [0.15, 0.2) is 60.7 Å². The van der Waals surface area contributed by atoms with E-state index in [1.807, 2.05) is 36.4 Å². The van der Waals surface area contributed by atoms with Gasteiger partial charge in [0.05, 0.1) is 21.3 Å². The minimum atomic E-state index is -0.260. The molecule has 0 saturated carbocycles. The number of hydrogen-bond acceptors (Lipinski definition) is 5. The third kappa shape index (κ3) is 6.36.